The van der Waals surface area contributed by atoms with Crippen LogP contribution in [0.5, 0.6) is 0 Å². The van der Waals surface area contributed by atoms with Crippen LogP contribution in [0.2, 0.25) is 0 Å². The van der Waals surface area contributed by atoms with Crippen LogP contribution in [0.15, 0.2) is 47.6 Å². The van der Waals surface area contributed by atoms with Gasteiger partial charge in [-0.05, 0) is 73.2 Å². The molecule has 0 aliphatic heterocycles. The van der Waals surface area contributed by atoms with Crippen molar-refractivity contribution in [1.29, 1.82) is 0 Å². The number of ketones is 1. The second-order valence-electron chi connectivity index (χ2n) is 8.00. The summed E-state index contributed by atoms with van der Waals surface area (Å²) in [6.07, 6.45) is 14.6. The van der Waals surface area contributed by atoms with Gasteiger partial charge in [0, 0.05) is 11.8 Å². The van der Waals surface area contributed by atoms with Crippen molar-refractivity contribution in [2.45, 2.75) is 57.5 Å². The van der Waals surface area contributed by atoms with Crippen molar-refractivity contribution in [3.05, 3.63) is 47.6 Å². The molecule has 0 aromatic carbocycles. The topological polar surface area (TPSA) is 37.3 Å². The average molecular weight is 310 g/mol. The maximum absolute atomic E-state index is 11.7. The van der Waals surface area contributed by atoms with E-state index in [1.54, 1.807) is 0 Å². The first kappa shape index (κ1) is 15.1. The molecule has 0 bridgehead atoms. The van der Waals surface area contributed by atoms with Gasteiger partial charge in [0.25, 0.3) is 0 Å². The highest BCUT2D eigenvalue weighted by atomic mass is 16.3. The van der Waals surface area contributed by atoms with Crippen LogP contribution in [-0.2, 0) is 4.79 Å². The number of aliphatic hydroxyl groups is 1. The number of allylic oxidation sites excluding steroid dienone is 5. The molecule has 4 atom stereocenters. The summed E-state index contributed by atoms with van der Waals surface area (Å²) in [6, 6.07) is 0. The van der Waals surface area contributed by atoms with E-state index < -0.39 is 5.60 Å². The normalized spacial score (nSPS) is 42.0. The highest BCUT2D eigenvalue weighted by molar-refractivity contribution is 5.93. The summed E-state index contributed by atoms with van der Waals surface area (Å²) in [5.41, 5.74) is 3.37. The molecule has 0 amide bonds. The Balaban J connectivity index is 1.79. The van der Waals surface area contributed by atoms with Gasteiger partial charge in [-0.15, -0.1) is 6.58 Å². The molecule has 0 heterocycles. The Labute approximate surface area is 138 Å². The zero-order chi connectivity index (χ0) is 16.2. The molecular weight excluding hydrogens is 284 g/mol. The quantitative estimate of drug-likeness (QED) is 0.773. The SMILES string of the molecule is C=CC[C@@]1(O)CC[C@@H]2[C@@H]3CCC4=CC(=O)CCC4=C3C=C[C@@]21C. The predicted octanol–water partition coefficient (Wildman–Crippen LogP) is 4.28. The molecule has 1 saturated carbocycles. The lowest BCUT2D eigenvalue weighted by Crippen LogP contribution is -2.47. The Bertz CT molecular complexity index is 665. The molecule has 0 aromatic heterocycles. The third-order valence-electron chi connectivity index (χ3n) is 7.04. The summed E-state index contributed by atoms with van der Waals surface area (Å²) in [4.78, 5) is 11.7. The van der Waals surface area contributed by atoms with Gasteiger partial charge in [-0.1, -0.05) is 25.2 Å². The molecule has 4 rings (SSSR count). The third kappa shape index (κ3) is 2.00. The van der Waals surface area contributed by atoms with E-state index in [9.17, 15) is 9.90 Å². The molecule has 0 radical (unpaired) electrons. The summed E-state index contributed by atoms with van der Waals surface area (Å²) in [7, 11) is 0. The Kier molecular flexibility index (Phi) is 3.32. The fraction of sp³-hybridized carbons (Fsp3) is 0.571. The molecule has 4 aliphatic rings. The fourth-order valence-corrected chi connectivity index (χ4v) is 5.68. The van der Waals surface area contributed by atoms with Gasteiger partial charge in [0.2, 0.25) is 0 Å². The van der Waals surface area contributed by atoms with Crippen LogP contribution in [0.3, 0.4) is 0 Å². The van der Waals surface area contributed by atoms with Crippen molar-refractivity contribution in [3.8, 4) is 0 Å². The Morgan fingerprint density at radius 1 is 1.35 bits per heavy atom. The lowest BCUT2D eigenvalue weighted by molar-refractivity contribution is -0.114. The van der Waals surface area contributed by atoms with Crippen LogP contribution in [0, 0.1) is 17.3 Å². The van der Waals surface area contributed by atoms with E-state index in [1.165, 1.54) is 16.7 Å². The standard InChI is InChI=1S/C21H26O2/c1-3-10-21(23)12-9-19-18-6-4-14-13-15(22)5-7-16(14)17(18)8-11-20(19,21)2/h3,8,11,13,18-19,23H,1,4-7,9-10,12H2,2H3/t18-,19-,20+,21-/m1/s1. The number of carbonyl (C=O) groups excluding carboxylic acids is 1. The number of hydrogen-bond donors (Lipinski definition) is 1. The van der Waals surface area contributed by atoms with Crippen LogP contribution in [0.4, 0.5) is 0 Å². The molecule has 0 unspecified atom stereocenters. The highest BCUT2D eigenvalue weighted by Crippen LogP contribution is 2.61. The first-order chi connectivity index (χ1) is 11.0. The molecule has 1 N–H and O–H groups in total. The van der Waals surface area contributed by atoms with Crippen molar-refractivity contribution in [3.63, 3.8) is 0 Å². The van der Waals surface area contributed by atoms with Gasteiger partial charge in [0.1, 0.15) is 0 Å². The van der Waals surface area contributed by atoms with Crippen LogP contribution >= 0.6 is 0 Å². The molecule has 0 spiro atoms. The van der Waals surface area contributed by atoms with Gasteiger partial charge in [-0.25, -0.2) is 0 Å². The van der Waals surface area contributed by atoms with Gasteiger partial charge < -0.3 is 5.11 Å². The van der Waals surface area contributed by atoms with E-state index in [0.717, 1.165) is 32.1 Å². The van der Waals surface area contributed by atoms with Crippen molar-refractivity contribution in [2.24, 2.45) is 17.3 Å². The van der Waals surface area contributed by atoms with E-state index in [0.29, 0.717) is 24.7 Å². The smallest absolute Gasteiger partial charge is 0.156 e. The maximum Gasteiger partial charge on any atom is 0.156 e. The Morgan fingerprint density at radius 3 is 2.96 bits per heavy atom. The minimum absolute atomic E-state index is 0.151. The van der Waals surface area contributed by atoms with Gasteiger partial charge in [-0.3, -0.25) is 4.79 Å². The van der Waals surface area contributed by atoms with Crippen LogP contribution in [0.1, 0.15) is 51.9 Å². The maximum atomic E-state index is 11.7. The summed E-state index contributed by atoms with van der Waals surface area (Å²) >= 11 is 0. The van der Waals surface area contributed by atoms with Gasteiger partial charge in [0.15, 0.2) is 5.78 Å². The summed E-state index contributed by atoms with van der Waals surface area (Å²) < 4.78 is 0. The van der Waals surface area contributed by atoms with Crippen molar-refractivity contribution in [1.82, 2.24) is 0 Å². The van der Waals surface area contributed by atoms with E-state index in [4.69, 9.17) is 0 Å². The Hall–Kier alpha value is -1.41. The summed E-state index contributed by atoms with van der Waals surface area (Å²) in [5, 5.41) is 11.2. The molecule has 122 valence electrons. The predicted molar refractivity (Wildman–Crippen MR) is 91.8 cm³/mol. The second kappa shape index (κ2) is 5.04. The minimum Gasteiger partial charge on any atom is -0.389 e. The largest absolute Gasteiger partial charge is 0.389 e. The third-order valence-corrected chi connectivity index (χ3v) is 7.04. The van der Waals surface area contributed by atoms with Crippen molar-refractivity contribution < 1.29 is 9.90 Å². The number of fused-ring (bicyclic) bond motifs is 4. The van der Waals surface area contributed by atoms with E-state index in [1.807, 2.05) is 12.2 Å². The van der Waals surface area contributed by atoms with Crippen LogP contribution < -0.4 is 0 Å². The van der Waals surface area contributed by atoms with Crippen molar-refractivity contribution in [2.75, 3.05) is 0 Å². The van der Waals surface area contributed by atoms with Gasteiger partial charge in [-0.2, -0.15) is 0 Å². The Morgan fingerprint density at radius 2 is 2.17 bits per heavy atom. The summed E-state index contributed by atoms with van der Waals surface area (Å²) in [5.74, 6) is 1.34. The first-order valence-corrected chi connectivity index (χ1v) is 8.98. The summed E-state index contributed by atoms with van der Waals surface area (Å²) in [6.45, 7) is 6.09. The van der Waals surface area contributed by atoms with Crippen LogP contribution in [-0.4, -0.2) is 16.5 Å². The van der Waals surface area contributed by atoms with E-state index in [2.05, 4.69) is 25.7 Å². The monoisotopic (exact) mass is 310 g/mol. The lowest BCUT2D eigenvalue weighted by atomic mass is 9.58. The minimum atomic E-state index is -0.648. The fourth-order valence-electron chi connectivity index (χ4n) is 5.68. The molecule has 0 aromatic rings. The first-order valence-electron chi connectivity index (χ1n) is 8.98. The molecule has 1 fully saturated rings. The molecule has 2 heteroatoms. The lowest BCUT2D eigenvalue weighted by Gasteiger charge is -2.48. The molecule has 23 heavy (non-hydrogen) atoms. The second-order valence-corrected chi connectivity index (χ2v) is 8.00. The molecule has 2 nitrogen and oxygen atoms in total. The highest BCUT2D eigenvalue weighted by Gasteiger charge is 2.58. The molecule has 0 saturated heterocycles. The number of hydrogen-bond acceptors (Lipinski definition) is 2. The van der Waals surface area contributed by atoms with E-state index in [-0.39, 0.29) is 11.2 Å². The molecular formula is C21H26O2. The number of rotatable bonds is 2. The van der Waals surface area contributed by atoms with E-state index >= 15 is 0 Å². The van der Waals surface area contributed by atoms with Gasteiger partial charge >= 0.3 is 0 Å². The molecule has 4 aliphatic carbocycles. The van der Waals surface area contributed by atoms with Crippen molar-refractivity contribution >= 4 is 5.78 Å². The average Bonchev–Trinajstić information content (AvgIpc) is 2.79. The van der Waals surface area contributed by atoms with Gasteiger partial charge in [0.05, 0.1) is 5.60 Å². The zero-order valence-electron chi connectivity index (χ0n) is 14.0. The van der Waals surface area contributed by atoms with Crippen LogP contribution in [0.25, 0.3) is 0 Å². The number of carbonyl (C=O) groups is 1. The zero-order valence-corrected chi connectivity index (χ0v) is 14.0.